The van der Waals surface area contributed by atoms with Crippen molar-refractivity contribution < 1.29 is 73.2 Å². The van der Waals surface area contributed by atoms with Gasteiger partial charge in [-0.05, 0) is 24.5 Å². The van der Waals surface area contributed by atoms with Gasteiger partial charge in [0.05, 0.1) is 12.0 Å². The van der Waals surface area contributed by atoms with Gasteiger partial charge in [-0.3, -0.25) is 4.79 Å². The van der Waals surface area contributed by atoms with Crippen molar-refractivity contribution in [3.8, 4) is 0 Å². The largest absolute Gasteiger partial charge is 0.642 e. The maximum atomic E-state index is 11.5. The Labute approximate surface area is 145 Å². The van der Waals surface area contributed by atoms with Crippen LogP contribution in [0.5, 0.6) is 0 Å². The predicted octanol–water partition coefficient (Wildman–Crippen LogP) is 0.319. The van der Waals surface area contributed by atoms with E-state index in [1.54, 1.807) is 0 Å². The summed E-state index contributed by atoms with van der Waals surface area (Å²) in [6.07, 6.45) is 1.85. The molecule has 2 aliphatic rings. The van der Waals surface area contributed by atoms with E-state index in [1.807, 2.05) is 6.92 Å². The molecule has 0 aromatic rings. The van der Waals surface area contributed by atoms with Crippen LogP contribution in [0.25, 0.3) is 5.32 Å². The van der Waals surface area contributed by atoms with E-state index in [2.05, 4.69) is 5.32 Å². The molecule has 0 bridgehead atoms. The van der Waals surface area contributed by atoms with Crippen LogP contribution in [0.2, 0.25) is 0 Å². The molecule has 1 saturated heterocycles. The Morgan fingerprint density at radius 1 is 1.56 bits per heavy atom. The second-order valence-corrected chi connectivity index (χ2v) is 4.15. The van der Waals surface area contributed by atoms with E-state index >= 15 is 0 Å². The Balaban J connectivity index is 0.00000144. The van der Waals surface area contributed by atoms with Gasteiger partial charge in [0.25, 0.3) is 0 Å². The van der Waals surface area contributed by atoms with Crippen molar-refractivity contribution in [1.29, 1.82) is 0 Å². The Morgan fingerprint density at radius 2 is 2.17 bits per heavy atom. The standard InChI is InChI=1S/C11H15NO4.W.Y/c1-2-5-16-9-7(13)3-4-11(10(9)15)6-8(14)12-11;;/h3-4,9-10,15H,2,5-6H2,1H3,(H,12,14);;/p-1/t9-,10-,11?;;/m1../s1. The topological polar surface area (TPSA) is 77.7 Å². The second kappa shape index (κ2) is 7.39. The molecule has 3 atom stereocenters. The summed E-state index contributed by atoms with van der Waals surface area (Å²) < 4.78 is 5.30. The zero-order valence-corrected chi connectivity index (χ0v) is 15.8. The van der Waals surface area contributed by atoms with Gasteiger partial charge in [-0.1, -0.05) is 13.0 Å². The van der Waals surface area contributed by atoms with E-state index in [0.29, 0.717) is 6.61 Å². The fraction of sp³-hybridized carbons (Fsp3) is 0.636. The van der Waals surface area contributed by atoms with Crippen molar-refractivity contribution in [2.75, 3.05) is 6.61 Å². The van der Waals surface area contributed by atoms with E-state index in [4.69, 9.17) is 4.74 Å². The van der Waals surface area contributed by atoms with Gasteiger partial charge in [-0.25, -0.2) is 0 Å². The van der Waals surface area contributed by atoms with E-state index in [9.17, 15) is 14.7 Å². The summed E-state index contributed by atoms with van der Waals surface area (Å²) in [5.74, 6) is -0.506. The summed E-state index contributed by atoms with van der Waals surface area (Å²) in [7, 11) is 0. The summed E-state index contributed by atoms with van der Waals surface area (Å²) in [5, 5.41) is 13.8. The first-order valence-electron chi connectivity index (χ1n) is 5.37. The van der Waals surface area contributed by atoms with E-state index in [0.717, 1.165) is 6.42 Å². The van der Waals surface area contributed by atoms with Gasteiger partial charge in [0, 0.05) is 60.4 Å². The minimum atomic E-state index is -1.05. The molecule has 0 saturated carbocycles. The van der Waals surface area contributed by atoms with Gasteiger partial charge < -0.3 is 20.0 Å². The van der Waals surface area contributed by atoms with Crippen molar-refractivity contribution in [2.45, 2.75) is 37.5 Å². The Hall–Kier alpha value is 0.592. The molecule has 2 rings (SSSR count). The first-order valence-corrected chi connectivity index (χ1v) is 5.37. The van der Waals surface area contributed by atoms with Crippen LogP contribution in [0.4, 0.5) is 0 Å². The number of ketones is 1. The molecule has 1 fully saturated rings. The molecule has 1 heterocycles. The number of carbonyl (C=O) groups excluding carboxylic acids is 2. The number of hydrogen-bond acceptors (Lipinski definition) is 4. The number of amides is 1. The predicted molar refractivity (Wildman–Crippen MR) is 55.9 cm³/mol. The monoisotopic (exact) mass is 497 g/mol. The molecule has 1 aliphatic heterocycles. The van der Waals surface area contributed by atoms with Crippen LogP contribution in [0.1, 0.15) is 19.8 Å². The van der Waals surface area contributed by atoms with Crippen LogP contribution < -0.4 is 0 Å². The van der Waals surface area contributed by atoms with E-state index < -0.39 is 17.7 Å². The molecule has 18 heavy (non-hydrogen) atoms. The Morgan fingerprint density at radius 3 is 2.67 bits per heavy atom. The quantitative estimate of drug-likeness (QED) is 0.571. The average Bonchev–Trinajstić information content (AvgIpc) is 2.21. The van der Waals surface area contributed by atoms with Crippen LogP contribution in [0, 0.1) is 0 Å². The van der Waals surface area contributed by atoms with Gasteiger partial charge in [-0.15, -0.1) is 0 Å². The first kappa shape index (κ1) is 18.6. The van der Waals surface area contributed by atoms with Crippen LogP contribution in [-0.4, -0.2) is 41.2 Å². The summed E-state index contributed by atoms with van der Waals surface area (Å²) in [5.41, 5.74) is -0.913. The van der Waals surface area contributed by atoms with Crippen molar-refractivity contribution in [1.82, 2.24) is 0 Å². The van der Waals surface area contributed by atoms with Gasteiger partial charge in [0.15, 0.2) is 5.78 Å². The SMILES string of the molecule is CCCO[C@@H]1C(=O)C=CC2(CC(=O)[N-]2)[C@@H]1O.[W].[Y]. The molecule has 1 unspecified atom stereocenters. The minimum Gasteiger partial charge on any atom is -0.642 e. The molecule has 1 aliphatic carbocycles. The third-order valence-electron chi connectivity index (χ3n) is 2.88. The van der Waals surface area contributed by atoms with Crippen LogP contribution in [-0.2, 0) is 68.1 Å². The number of aliphatic hydroxyl groups is 1. The molecule has 0 aromatic carbocycles. The van der Waals surface area contributed by atoms with Crippen molar-refractivity contribution in [2.24, 2.45) is 0 Å². The smallest absolute Gasteiger partial charge is 0.186 e. The molecular weight excluding hydrogens is 483 g/mol. The maximum absolute atomic E-state index is 11.5. The Bertz CT molecular complexity index is 353. The van der Waals surface area contributed by atoms with Crippen molar-refractivity contribution >= 4 is 11.7 Å². The number of hydrogen-bond donors (Lipinski definition) is 1. The van der Waals surface area contributed by atoms with Gasteiger partial charge in [0.1, 0.15) is 6.10 Å². The normalized spacial score (nSPS) is 33.2. The number of nitrogens with zero attached hydrogens (tertiary/aromatic N) is 1. The molecule has 1 N–H and O–H groups in total. The molecule has 5 nitrogen and oxygen atoms in total. The molecular formula is C11H14NO4WY-. The van der Waals surface area contributed by atoms with E-state index in [1.165, 1.54) is 12.2 Å². The summed E-state index contributed by atoms with van der Waals surface area (Å²) >= 11 is 0. The molecule has 1 radical (unpaired) electrons. The number of β-lactam (4-membered cyclic amide) rings is 1. The zero-order valence-electron chi connectivity index (χ0n) is 10.0. The van der Waals surface area contributed by atoms with E-state index in [-0.39, 0.29) is 71.9 Å². The molecule has 1 spiro atoms. The zero-order chi connectivity index (χ0) is 11.8. The van der Waals surface area contributed by atoms with Gasteiger partial charge in [-0.2, -0.15) is 0 Å². The Kier molecular flexibility index (Phi) is 7.64. The average molecular weight is 497 g/mol. The minimum absolute atomic E-state index is 0. The van der Waals surface area contributed by atoms with Crippen LogP contribution in [0.3, 0.4) is 0 Å². The fourth-order valence-electron chi connectivity index (χ4n) is 1.98. The first-order chi connectivity index (χ1) is 7.59. The third-order valence-corrected chi connectivity index (χ3v) is 2.88. The fourth-order valence-corrected chi connectivity index (χ4v) is 1.98. The molecule has 7 heteroatoms. The summed E-state index contributed by atoms with van der Waals surface area (Å²) in [4.78, 5) is 22.4. The maximum Gasteiger partial charge on any atom is 0.186 e. The number of rotatable bonds is 3. The molecule has 97 valence electrons. The number of aliphatic hydroxyl groups excluding tert-OH is 1. The number of carbonyl (C=O) groups is 2. The number of ether oxygens (including phenoxy) is 1. The summed E-state index contributed by atoms with van der Waals surface area (Å²) in [6, 6.07) is 0. The third kappa shape index (κ3) is 3.37. The van der Waals surface area contributed by atoms with Gasteiger partial charge >= 0.3 is 0 Å². The van der Waals surface area contributed by atoms with Crippen LogP contribution >= 0.6 is 0 Å². The molecule has 0 aromatic heterocycles. The van der Waals surface area contributed by atoms with Crippen molar-refractivity contribution in [3.63, 3.8) is 0 Å². The van der Waals surface area contributed by atoms with Crippen LogP contribution in [0.15, 0.2) is 12.2 Å². The van der Waals surface area contributed by atoms with Gasteiger partial charge in [0.2, 0.25) is 0 Å². The molecule has 1 amide bonds. The summed E-state index contributed by atoms with van der Waals surface area (Å²) in [6.45, 7) is 2.33. The second-order valence-electron chi connectivity index (χ2n) is 4.15. The van der Waals surface area contributed by atoms with Crippen molar-refractivity contribution in [3.05, 3.63) is 17.5 Å².